The van der Waals surface area contributed by atoms with Gasteiger partial charge in [-0.1, -0.05) is 0 Å². The number of aryl methyl sites for hydroxylation is 1. The molecule has 4 aliphatic rings. The fourth-order valence-electron chi connectivity index (χ4n) is 11.2. The molecule has 14 rings (SSSR count). The molecule has 274 valence electrons. The van der Waals surface area contributed by atoms with Crippen molar-refractivity contribution in [3.05, 3.63) is 188 Å². The molecule has 0 saturated heterocycles. The number of fused-ring (bicyclic) bond motifs is 2. The Morgan fingerprint density at radius 2 is 1.05 bits per heavy atom. The molecule has 1 atom stereocenters. The van der Waals surface area contributed by atoms with E-state index in [4.69, 9.17) is 9.47 Å². The minimum atomic E-state index is -4.15. The van der Waals surface area contributed by atoms with E-state index in [1.807, 2.05) is 0 Å². The zero-order valence-electron chi connectivity index (χ0n) is 32.1. The van der Waals surface area contributed by atoms with Crippen LogP contribution in [-0.2, 0) is 0 Å². The van der Waals surface area contributed by atoms with Crippen molar-refractivity contribution in [2.75, 3.05) is 4.90 Å². The molecule has 0 radical (unpaired) electrons. The van der Waals surface area contributed by atoms with Crippen LogP contribution in [0.25, 0.3) is 65.7 Å². The summed E-state index contributed by atoms with van der Waals surface area (Å²) in [6.45, 7) is 2.25. The van der Waals surface area contributed by atoms with Crippen LogP contribution in [0.4, 0.5) is 17.1 Å². The quantitative estimate of drug-likeness (QED) is 0.131. The summed E-state index contributed by atoms with van der Waals surface area (Å²) in [7, 11) is 0. The average Bonchev–Trinajstić information content (AvgIpc) is 3.30. The second kappa shape index (κ2) is 11.3. The van der Waals surface area contributed by atoms with Gasteiger partial charge < -0.3 is 0 Å². The predicted molar refractivity (Wildman–Crippen MR) is 246 cm³/mol. The maximum atomic E-state index is 7.68. The molecule has 4 heteroatoms. The standard InChI is InChI=1S/C55H33GeNO2/c1-32-22-28-42-48-39(32)25-23-36-24-26-41-46(35-18-10-4-11-19-35)55-52-53(49(41)47(36)48)57(42)43-29-27-40(34-16-8-3-9-17-34)54-50(43)56(52,38-20-12-5-13-21-38)51-44(58-54)30-37(31-45(51)59-55)33-14-6-2-7-15-33/h2-31H,1H3. The number of hydrogen-bond acceptors (Lipinski definition) is 3. The minimum absolute atomic E-state index is 0.895. The fraction of sp³-hybridized carbons (Fsp3) is 0.0182. The van der Waals surface area contributed by atoms with Gasteiger partial charge in [-0.25, -0.2) is 0 Å². The summed E-state index contributed by atoms with van der Waals surface area (Å²) in [5.74, 6) is 3.72. The van der Waals surface area contributed by atoms with Crippen LogP contribution >= 0.6 is 0 Å². The molecule has 0 fully saturated rings. The molecule has 0 saturated carbocycles. The van der Waals surface area contributed by atoms with Crippen molar-refractivity contribution in [1.82, 2.24) is 0 Å². The third-order valence-corrected chi connectivity index (χ3v) is 23.7. The number of nitrogens with zero attached hydrogens (tertiary/aromatic N) is 1. The summed E-state index contributed by atoms with van der Waals surface area (Å²) in [6, 6.07) is 67.1. The van der Waals surface area contributed by atoms with E-state index in [2.05, 4.69) is 194 Å². The molecular weight excluding hydrogens is 779 g/mol. The van der Waals surface area contributed by atoms with Crippen LogP contribution in [0, 0.1) is 6.92 Å². The van der Waals surface area contributed by atoms with Crippen molar-refractivity contribution in [2.45, 2.75) is 6.92 Å². The first-order valence-electron chi connectivity index (χ1n) is 20.4. The Balaban J connectivity index is 1.28. The van der Waals surface area contributed by atoms with Crippen molar-refractivity contribution in [1.29, 1.82) is 0 Å². The summed E-state index contributed by atoms with van der Waals surface area (Å²) >= 11 is -4.15. The van der Waals surface area contributed by atoms with Gasteiger partial charge in [0.1, 0.15) is 0 Å². The Labute approximate surface area is 343 Å². The van der Waals surface area contributed by atoms with E-state index >= 15 is 0 Å². The summed E-state index contributed by atoms with van der Waals surface area (Å²) in [5.41, 5.74) is 11.7. The molecule has 3 nitrogen and oxygen atoms in total. The first-order valence-corrected chi connectivity index (χ1v) is 24.6. The van der Waals surface area contributed by atoms with Gasteiger partial charge in [-0.15, -0.1) is 0 Å². The van der Waals surface area contributed by atoms with Gasteiger partial charge in [0.05, 0.1) is 0 Å². The van der Waals surface area contributed by atoms with Gasteiger partial charge in [-0.3, -0.25) is 0 Å². The Hall–Kier alpha value is -7.08. The normalized spacial score (nSPS) is 15.8. The Morgan fingerprint density at radius 3 is 1.76 bits per heavy atom. The van der Waals surface area contributed by atoms with Gasteiger partial charge in [-0.05, 0) is 0 Å². The Morgan fingerprint density at radius 1 is 0.441 bits per heavy atom. The van der Waals surface area contributed by atoms with Gasteiger partial charge in [0.2, 0.25) is 0 Å². The van der Waals surface area contributed by atoms with Crippen molar-refractivity contribution in [2.24, 2.45) is 0 Å². The van der Waals surface area contributed by atoms with E-state index < -0.39 is 13.3 Å². The molecule has 0 aromatic heterocycles. The van der Waals surface area contributed by atoms with E-state index in [1.54, 1.807) is 0 Å². The Kier molecular flexibility index (Phi) is 6.12. The van der Waals surface area contributed by atoms with E-state index in [-0.39, 0.29) is 0 Å². The van der Waals surface area contributed by atoms with Crippen LogP contribution in [-0.4, -0.2) is 13.3 Å². The topological polar surface area (TPSA) is 21.7 Å². The van der Waals surface area contributed by atoms with Gasteiger partial charge in [0, 0.05) is 0 Å². The van der Waals surface area contributed by atoms with Gasteiger partial charge in [-0.2, -0.15) is 0 Å². The average molecular weight is 812 g/mol. The maximum absolute atomic E-state index is 7.68. The molecule has 1 unspecified atom stereocenters. The monoisotopic (exact) mass is 813 g/mol. The van der Waals surface area contributed by atoms with Gasteiger partial charge in [0.25, 0.3) is 0 Å². The van der Waals surface area contributed by atoms with E-state index in [0.717, 1.165) is 56.4 Å². The molecule has 0 aliphatic carbocycles. The van der Waals surface area contributed by atoms with Crippen molar-refractivity contribution in [3.8, 4) is 56.4 Å². The van der Waals surface area contributed by atoms with Crippen LogP contribution in [0.2, 0.25) is 0 Å². The molecule has 0 amide bonds. The molecule has 10 aromatic rings. The molecule has 59 heavy (non-hydrogen) atoms. The van der Waals surface area contributed by atoms with Crippen LogP contribution < -0.4 is 32.0 Å². The van der Waals surface area contributed by atoms with Gasteiger partial charge in [0.15, 0.2) is 0 Å². The number of ether oxygens (including phenoxy) is 2. The van der Waals surface area contributed by atoms with Crippen molar-refractivity contribution in [3.63, 3.8) is 0 Å². The van der Waals surface area contributed by atoms with Crippen molar-refractivity contribution >= 4 is 80.2 Å². The first kappa shape index (κ1) is 31.9. The summed E-state index contributed by atoms with van der Waals surface area (Å²) in [4.78, 5) is 2.60. The van der Waals surface area contributed by atoms with Crippen LogP contribution in [0.3, 0.4) is 0 Å². The van der Waals surface area contributed by atoms with Crippen LogP contribution in [0.1, 0.15) is 5.56 Å². The van der Waals surface area contributed by atoms with Gasteiger partial charge >= 0.3 is 345 Å². The molecule has 4 heterocycles. The molecule has 0 spiro atoms. The van der Waals surface area contributed by atoms with E-state index in [1.165, 1.54) is 72.5 Å². The second-order valence-corrected chi connectivity index (χ2v) is 23.8. The SMILES string of the molecule is Cc1ccc2c3c1ccc1ccc4c(-c5ccccc5)c5[c]6c(c4c13)N2c1ccc(-c2ccccc2)c2[c]1[Ge]6([c]1ccccc1)[c]1c(cc(-c3ccccc3)cc1O5)O2. The molecule has 0 bridgehead atoms. The second-order valence-electron chi connectivity index (χ2n) is 16.3. The summed E-state index contributed by atoms with van der Waals surface area (Å²) in [5, 5.41) is 7.71. The number of anilines is 3. The molecule has 10 aromatic carbocycles. The molecule has 0 N–H and O–H groups in total. The zero-order valence-corrected chi connectivity index (χ0v) is 34.2. The molecule has 4 aliphatic heterocycles. The third kappa shape index (κ3) is 3.89. The molecular formula is C55H33GeNO2. The predicted octanol–water partition coefficient (Wildman–Crippen LogP) is 12.1. The number of benzene rings is 10. The zero-order chi connectivity index (χ0) is 38.6. The van der Waals surface area contributed by atoms with E-state index in [0.29, 0.717) is 0 Å². The summed E-state index contributed by atoms with van der Waals surface area (Å²) < 4.78 is 20.5. The van der Waals surface area contributed by atoms with Crippen molar-refractivity contribution < 1.29 is 9.47 Å². The number of rotatable bonds is 4. The third-order valence-electron chi connectivity index (χ3n) is 13.5. The Bertz CT molecular complexity index is 3490. The van der Waals surface area contributed by atoms with Crippen LogP contribution in [0.15, 0.2) is 182 Å². The fourth-order valence-corrected chi connectivity index (χ4v) is 22.7. The summed E-state index contributed by atoms with van der Waals surface area (Å²) in [6.07, 6.45) is 0. The van der Waals surface area contributed by atoms with Crippen LogP contribution in [0.5, 0.6) is 23.0 Å². The van der Waals surface area contributed by atoms with E-state index in [9.17, 15) is 0 Å². The number of hydrogen-bond donors (Lipinski definition) is 0. The first-order chi connectivity index (χ1) is 29.2.